The second kappa shape index (κ2) is 4.84. The van der Waals surface area contributed by atoms with Gasteiger partial charge < -0.3 is 0 Å². The van der Waals surface area contributed by atoms with Crippen molar-refractivity contribution in [2.75, 3.05) is 6.26 Å². The highest BCUT2D eigenvalue weighted by atomic mass is 32.2. The van der Waals surface area contributed by atoms with E-state index in [4.69, 9.17) is 0 Å². The quantitative estimate of drug-likeness (QED) is 0.720. The van der Waals surface area contributed by atoms with Crippen LogP contribution in [-0.4, -0.2) is 16.5 Å². The van der Waals surface area contributed by atoms with Gasteiger partial charge in [0.15, 0.2) is 0 Å². The highest BCUT2D eigenvalue weighted by molar-refractivity contribution is 8.40. The van der Waals surface area contributed by atoms with Gasteiger partial charge in [-0.05, 0) is 30.0 Å². The van der Waals surface area contributed by atoms with E-state index in [1.54, 1.807) is 18.2 Å². The Morgan fingerprint density at radius 1 is 1.38 bits per heavy atom. The minimum absolute atomic E-state index is 0.223. The van der Waals surface area contributed by atoms with Gasteiger partial charge in [-0.3, -0.25) is 4.79 Å². The first-order valence-electron chi connectivity index (χ1n) is 4.51. The molecule has 0 saturated carbocycles. The lowest BCUT2D eigenvalue weighted by atomic mass is 10.2. The summed E-state index contributed by atoms with van der Waals surface area (Å²) in [7, 11) is 0. The van der Waals surface area contributed by atoms with E-state index in [-0.39, 0.29) is 11.7 Å². The molecule has 0 saturated heterocycles. The van der Waals surface area contributed by atoms with Crippen LogP contribution in [0.25, 0.3) is 6.08 Å². The van der Waals surface area contributed by atoms with Crippen molar-refractivity contribution in [1.82, 2.24) is 0 Å². The monoisotopic (exact) mass is 253 g/mol. The molecule has 0 N–H and O–H groups in total. The average molecular weight is 253 g/mol. The minimum atomic E-state index is -0.284. The summed E-state index contributed by atoms with van der Waals surface area (Å²) in [5.74, 6) is -0.507. The third-order valence-corrected chi connectivity index (χ3v) is 3.91. The predicted octanol–water partition coefficient (Wildman–Crippen LogP) is 3.16. The van der Waals surface area contributed by atoms with E-state index in [1.165, 1.54) is 35.7 Å². The fourth-order valence-electron chi connectivity index (χ4n) is 1.19. The maximum atomic E-state index is 12.7. The largest absolute Gasteiger partial charge is 0.285 e. The SMILES string of the molecule is CSC1=NC(=O)/C(=C/c2ccc(F)cc2)S1. The van der Waals surface area contributed by atoms with E-state index in [0.717, 1.165) is 9.94 Å². The van der Waals surface area contributed by atoms with E-state index in [1.807, 2.05) is 6.26 Å². The van der Waals surface area contributed by atoms with E-state index < -0.39 is 0 Å². The van der Waals surface area contributed by atoms with Crippen LogP contribution in [0.1, 0.15) is 5.56 Å². The van der Waals surface area contributed by atoms with Crippen molar-refractivity contribution < 1.29 is 9.18 Å². The van der Waals surface area contributed by atoms with Crippen molar-refractivity contribution in [1.29, 1.82) is 0 Å². The fraction of sp³-hybridized carbons (Fsp3) is 0.0909. The second-order valence-electron chi connectivity index (χ2n) is 3.05. The molecule has 0 atom stereocenters. The molecule has 2 rings (SSSR count). The molecule has 1 aromatic rings. The van der Waals surface area contributed by atoms with Gasteiger partial charge in [-0.2, -0.15) is 4.99 Å². The second-order valence-corrected chi connectivity index (χ2v) is 5.13. The number of thioether (sulfide) groups is 2. The summed E-state index contributed by atoms with van der Waals surface area (Å²) in [5, 5.41) is 0. The average Bonchev–Trinajstić information content (AvgIpc) is 2.63. The minimum Gasteiger partial charge on any atom is -0.266 e. The van der Waals surface area contributed by atoms with Gasteiger partial charge in [0, 0.05) is 0 Å². The number of carbonyl (C=O) groups excluding carboxylic acids is 1. The molecule has 5 heteroatoms. The predicted molar refractivity (Wildman–Crippen MR) is 67.9 cm³/mol. The zero-order valence-corrected chi connectivity index (χ0v) is 10.1. The summed E-state index contributed by atoms with van der Waals surface area (Å²) in [6, 6.07) is 6.00. The van der Waals surface area contributed by atoms with Crippen molar-refractivity contribution >= 4 is 39.9 Å². The van der Waals surface area contributed by atoms with Crippen molar-refractivity contribution in [2.45, 2.75) is 0 Å². The van der Waals surface area contributed by atoms with E-state index in [9.17, 15) is 9.18 Å². The standard InChI is InChI=1S/C11H8FNOS2/c1-15-11-13-10(14)9(16-11)6-7-2-4-8(12)5-3-7/h2-6H,1H3/b9-6-. The Morgan fingerprint density at radius 3 is 2.62 bits per heavy atom. The van der Waals surface area contributed by atoms with Crippen LogP contribution in [0.3, 0.4) is 0 Å². The molecule has 0 aromatic heterocycles. The van der Waals surface area contributed by atoms with Crippen LogP contribution >= 0.6 is 23.5 Å². The zero-order valence-electron chi connectivity index (χ0n) is 8.44. The van der Waals surface area contributed by atoms with Gasteiger partial charge >= 0.3 is 0 Å². The van der Waals surface area contributed by atoms with Crippen LogP contribution in [0.2, 0.25) is 0 Å². The summed E-state index contributed by atoms with van der Waals surface area (Å²) in [4.78, 5) is 15.9. The van der Waals surface area contributed by atoms with Crippen LogP contribution in [-0.2, 0) is 4.79 Å². The maximum Gasteiger partial charge on any atom is 0.285 e. The Bertz CT molecular complexity index is 479. The number of nitrogens with zero attached hydrogens (tertiary/aromatic N) is 1. The maximum absolute atomic E-state index is 12.7. The first-order valence-corrected chi connectivity index (χ1v) is 6.55. The molecule has 0 bridgehead atoms. The first-order chi connectivity index (χ1) is 7.69. The third kappa shape index (κ3) is 2.54. The van der Waals surface area contributed by atoms with Crippen LogP contribution in [0.5, 0.6) is 0 Å². The van der Waals surface area contributed by atoms with Gasteiger partial charge in [-0.1, -0.05) is 23.9 Å². The number of halogens is 1. The Morgan fingerprint density at radius 2 is 2.06 bits per heavy atom. The van der Waals surface area contributed by atoms with Crippen molar-refractivity contribution in [3.63, 3.8) is 0 Å². The lowest BCUT2D eigenvalue weighted by Gasteiger charge is -1.95. The Kier molecular flexibility index (Phi) is 3.46. The molecular weight excluding hydrogens is 245 g/mol. The molecule has 16 heavy (non-hydrogen) atoms. The molecule has 0 radical (unpaired) electrons. The molecule has 1 aliphatic heterocycles. The highest BCUT2D eigenvalue weighted by Gasteiger charge is 2.20. The van der Waals surface area contributed by atoms with Gasteiger partial charge in [-0.25, -0.2) is 4.39 Å². The lowest BCUT2D eigenvalue weighted by molar-refractivity contribution is -0.113. The molecule has 82 valence electrons. The normalized spacial score (nSPS) is 18.0. The number of hydrogen-bond donors (Lipinski definition) is 0. The van der Waals surface area contributed by atoms with Crippen LogP contribution in [0, 0.1) is 5.82 Å². The summed E-state index contributed by atoms with van der Waals surface area (Å²) in [6.45, 7) is 0. The van der Waals surface area contributed by atoms with E-state index in [0.29, 0.717) is 4.91 Å². The summed E-state index contributed by atoms with van der Waals surface area (Å²) in [5.41, 5.74) is 0.801. The number of benzene rings is 1. The molecule has 1 aliphatic rings. The number of carbonyl (C=O) groups is 1. The number of aliphatic imine (C=N–C) groups is 1. The topological polar surface area (TPSA) is 29.4 Å². The van der Waals surface area contributed by atoms with Gasteiger partial charge in [0.05, 0.1) is 4.91 Å². The molecule has 0 spiro atoms. The summed E-state index contributed by atoms with van der Waals surface area (Å²) < 4.78 is 13.4. The Hall–Kier alpha value is -1.07. The van der Waals surface area contributed by atoms with Crippen LogP contribution in [0.15, 0.2) is 34.2 Å². The fourth-order valence-corrected chi connectivity index (χ4v) is 2.61. The Labute approximate surface area is 101 Å². The summed E-state index contributed by atoms with van der Waals surface area (Å²) in [6.07, 6.45) is 3.60. The molecular formula is C11H8FNOS2. The van der Waals surface area contributed by atoms with Crippen molar-refractivity contribution in [3.8, 4) is 0 Å². The Balaban J connectivity index is 2.21. The van der Waals surface area contributed by atoms with Gasteiger partial charge in [0.25, 0.3) is 5.91 Å². The smallest absolute Gasteiger partial charge is 0.266 e. The molecule has 1 amide bonds. The summed E-state index contributed by atoms with van der Waals surface area (Å²) >= 11 is 2.79. The van der Waals surface area contributed by atoms with Gasteiger partial charge in [0.1, 0.15) is 10.2 Å². The van der Waals surface area contributed by atoms with Crippen LogP contribution < -0.4 is 0 Å². The number of amides is 1. The lowest BCUT2D eigenvalue weighted by Crippen LogP contribution is -1.87. The van der Waals surface area contributed by atoms with E-state index >= 15 is 0 Å². The van der Waals surface area contributed by atoms with Crippen LogP contribution in [0.4, 0.5) is 4.39 Å². The molecule has 2 nitrogen and oxygen atoms in total. The number of hydrogen-bond acceptors (Lipinski definition) is 3. The van der Waals surface area contributed by atoms with Crippen molar-refractivity contribution in [3.05, 3.63) is 40.6 Å². The zero-order chi connectivity index (χ0) is 11.5. The van der Waals surface area contributed by atoms with Crippen molar-refractivity contribution in [2.24, 2.45) is 4.99 Å². The van der Waals surface area contributed by atoms with Gasteiger partial charge in [-0.15, -0.1) is 11.8 Å². The third-order valence-electron chi connectivity index (χ3n) is 1.94. The number of rotatable bonds is 1. The van der Waals surface area contributed by atoms with E-state index in [2.05, 4.69) is 4.99 Å². The first kappa shape index (κ1) is 11.4. The molecule has 0 fully saturated rings. The molecule has 0 unspecified atom stereocenters. The van der Waals surface area contributed by atoms with Gasteiger partial charge in [0.2, 0.25) is 0 Å². The molecule has 0 aliphatic carbocycles. The highest BCUT2D eigenvalue weighted by Crippen LogP contribution is 2.32. The molecule has 1 aromatic carbocycles. The molecule has 1 heterocycles.